The van der Waals surface area contributed by atoms with E-state index in [4.69, 9.17) is 0 Å². The zero-order valence-electron chi connectivity index (χ0n) is 32.5. The van der Waals surface area contributed by atoms with Crippen LogP contribution in [-0.2, 0) is 16.2 Å². The van der Waals surface area contributed by atoms with Gasteiger partial charge in [0.2, 0.25) is 0 Å². The van der Waals surface area contributed by atoms with Gasteiger partial charge in [-0.3, -0.25) is 0 Å². The Labute approximate surface area is 332 Å². The van der Waals surface area contributed by atoms with Gasteiger partial charge < -0.3 is 10.1 Å². The highest BCUT2D eigenvalue weighted by molar-refractivity contribution is 7.27. The Hall–Kier alpha value is -5.58. The third-order valence-electron chi connectivity index (χ3n) is 14.5. The number of aryl methyl sites for hydroxylation is 1. The van der Waals surface area contributed by atoms with Crippen LogP contribution in [0.15, 0.2) is 127 Å². The average molecular weight is 737 g/mol. The molecule has 0 saturated carbocycles. The Morgan fingerprint density at radius 2 is 1.20 bits per heavy atom. The molecule has 0 amide bonds. The molecule has 2 aliphatic carbocycles. The molecule has 8 aromatic rings. The van der Waals surface area contributed by atoms with E-state index in [1.54, 1.807) is 0 Å². The van der Waals surface area contributed by atoms with E-state index >= 15 is 0 Å². The lowest BCUT2D eigenvalue weighted by atomic mass is 9.42. The van der Waals surface area contributed by atoms with Gasteiger partial charge >= 0.3 is 6.85 Å². The molecule has 2 nitrogen and oxygen atoms in total. The van der Waals surface area contributed by atoms with Crippen LogP contribution in [0.3, 0.4) is 0 Å². The maximum Gasteiger partial charge on any atom is 0.334 e. The van der Waals surface area contributed by atoms with Crippen LogP contribution >= 0.6 is 11.3 Å². The quantitative estimate of drug-likeness (QED) is 0.156. The minimum Gasteiger partial charge on any atom is -0.376 e. The molecule has 4 heterocycles. The van der Waals surface area contributed by atoms with E-state index in [0.29, 0.717) is 0 Å². The molecule has 0 saturated heterocycles. The molecule has 1 aromatic heterocycles. The zero-order valence-corrected chi connectivity index (χ0v) is 33.3. The van der Waals surface area contributed by atoms with Crippen molar-refractivity contribution in [3.63, 3.8) is 0 Å². The van der Waals surface area contributed by atoms with Gasteiger partial charge in [-0.25, -0.2) is 0 Å². The highest BCUT2D eigenvalue weighted by atomic mass is 32.1. The molecule has 268 valence electrons. The minimum atomic E-state index is -0.437. The number of anilines is 4. The van der Waals surface area contributed by atoms with Crippen LogP contribution in [-0.4, -0.2) is 6.85 Å². The van der Waals surface area contributed by atoms with Crippen LogP contribution < -0.4 is 21.1 Å². The Morgan fingerprint density at radius 3 is 1.95 bits per heavy atom. The van der Waals surface area contributed by atoms with Gasteiger partial charge in [0.15, 0.2) is 0 Å². The molecule has 0 atom stereocenters. The summed E-state index contributed by atoms with van der Waals surface area (Å²) in [6, 6.07) is 49.6. The van der Waals surface area contributed by atoms with Gasteiger partial charge in [0, 0.05) is 48.5 Å². The first-order chi connectivity index (χ1) is 27.2. The van der Waals surface area contributed by atoms with E-state index in [1.807, 2.05) is 11.3 Å². The van der Waals surface area contributed by atoms with Crippen molar-refractivity contribution in [3.05, 3.63) is 166 Å². The molecule has 5 aliphatic rings. The van der Waals surface area contributed by atoms with E-state index in [9.17, 15) is 0 Å². The largest absolute Gasteiger partial charge is 0.376 e. The fourth-order valence-corrected chi connectivity index (χ4v) is 13.2. The summed E-state index contributed by atoms with van der Waals surface area (Å²) in [5.74, 6) is 0. The molecule has 56 heavy (non-hydrogen) atoms. The molecular weight excluding hydrogens is 695 g/mol. The van der Waals surface area contributed by atoms with Crippen molar-refractivity contribution in [2.75, 3.05) is 10.1 Å². The first kappa shape index (κ1) is 31.6. The van der Waals surface area contributed by atoms with Crippen LogP contribution in [0.5, 0.6) is 0 Å². The van der Waals surface area contributed by atoms with Crippen LogP contribution in [0.1, 0.15) is 79.5 Å². The van der Waals surface area contributed by atoms with Gasteiger partial charge in [0.05, 0.1) is 5.41 Å². The number of para-hydroxylation sites is 2. The molecule has 1 spiro atoms. The highest BCUT2D eigenvalue weighted by Crippen LogP contribution is 2.64. The number of nitrogens with one attached hydrogen (secondary N) is 1. The molecule has 3 aliphatic heterocycles. The van der Waals surface area contributed by atoms with E-state index in [1.165, 1.54) is 128 Å². The number of benzene rings is 7. The predicted molar refractivity (Wildman–Crippen MR) is 239 cm³/mol. The third kappa shape index (κ3) is 3.62. The van der Waals surface area contributed by atoms with Crippen molar-refractivity contribution in [1.82, 2.24) is 0 Å². The maximum atomic E-state index is 4.02. The van der Waals surface area contributed by atoms with Gasteiger partial charge in [0.1, 0.15) is 0 Å². The Bertz CT molecular complexity index is 3060. The van der Waals surface area contributed by atoms with Crippen molar-refractivity contribution >= 4 is 72.0 Å². The fraction of sp³-hybridized carbons (Fsp3) is 0.192. The van der Waals surface area contributed by atoms with E-state index in [-0.39, 0.29) is 17.7 Å². The molecule has 0 radical (unpaired) electrons. The SMILES string of the molecule is Cc1cc2c3c(c1)-c1cccc4c1N(B3c1c(ccc3c1sc1cc5c(cc13)C(C)(C)CCC5(C)C)N2)c1ccccc1C41c2ccccc2-c2ccccc21. The summed E-state index contributed by atoms with van der Waals surface area (Å²) in [6.45, 7) is 12.1. The van der Waals surface area contributed by atoms with Crippen LogP contribution in [0.4, 0.5) is 22.7 Å². The van der Waals surface area contributed by atoms with Crippen LogP contribution in [0.25, 0.3) is 42.4 Å². The summed E-state index contributed by atoms with van der Waals surface area (Å²) in [5, 5.41) is 6.81. The molecule has 0 fully saturated rings. The van der Waals surface area contributed by atoms with Crippen molar-refractivity contribution < 1.29 is 0 Å². The molecule has 0 bridgehead atoms. The van der Waals surface area contributed by atoms with E-state index in [2.05, 4.69) is 172 Å². The van der Waals surface area contributed by atoms with Gasteiger partial charge in [-0.1, -0.05) is 125 Å². The molecule has 0 unspecified atom stereocenters. The second-order valence-corrected chi connectivity index (χ2v) is 19.5. The third-order valence-corrected chi connectivity index (χ3v) is 15.7. The molecule has 1 N–H and O–H groups in total. The monoisotopic (exact) mass is 736 g/mol. The summed E-state index contributed by atoms with van der Waals surface area (Å²) in [4.78, 5) is 2.76. The normalized spacial score (nSPS) is 17.7. The highest BCUT2D eigenvalue weighted by Gasteiger charge is 2.56. The van der Waals surface area contributed by atoms with Crippen molar-refractivity contribution in [1.29, 1.82) is 0 Å². The van der Waals surface area contributed by atoms with Crippen molar-refractivity contribution in [2.24, 2.45) is 0 Å². The fourth-order valence-electron chi connectivity index (χ4n) is 11.9. The van der Waals surface area contributed by atoms with E-state index < -0.39 is 5.41 Å². The standard InChI is InChI=1S/C52H41BN2S/c1-29-25-35-32-15-12-19-39-48(32)55(44-20-11-10-18-38(44)52(39)36-16-8-6-13-30(36)31-14-7-9-17-37(31)52)53-46(35)43(26-29)54-42-22-21-33-34-27-40-41(28-45(34)56-49(33)47(42)53)51(4,5)24-23-50(40,2)3/h6-22,25-28,54H,23-24H2,1-5H3. The maximum absolute atomic E-state index is 4.02. The number of fused-ring (bicyclic) bond motifs is 18. The van der Waals surface area contributed by atoms with Gasteiger partial charge in [-0.15, -0.1) is 11.3 Å². The summed E-state index contributed by atoms with van der Waals surface area (Å²) in [7, 11) is 0. The topological polar surface area (TPSA) is 15.3 Å². The second-order valence-electron chi connectivity index (χ2n) is 18.4. The lowest BCUT2D eigenvalue weighted by Crippen LogP contribution is -2.62. The lowest BCUT2D eigenvalue weighted by molar-refractivity contribution is 0.332. The summed E-state index contributed by atoms with van der Waals surface area (Å²) >= 11 is 2.01. The molecule has 4 heteroatoms. The number of hydrogen-bond donors (Lipinski definition) is 1. The van der Waals surface area contributed by atoms with Crippen LogP contribution in [0, 0.1) is 6.92 Å². The van der Waals surface area contributed by atoms with Crippen LogP contribution in [0.2, 0.25) is 0 Å². The van der Waals surface area contributed by atoms with Crippen molar-refractivity contribution in [3.8, 4) is 22.3 Å². The molecule has 7 aromatic carbocycles. The van der Waals surface area contributed by atoms with Crippen molar-refractivity contribution in [2.45, 2.75) is 63.7 Å². The minimum absolute atomic E-state index is 0.00448. The lowest BCUT2D eigenvalue weighted by Gasteiger charge is -2.51. The Morgan fingerprint density at radius 1 is 0.554 bits per heavy atom. The van der Waals surface area contributed by atoms with E-state index in [0.717, 1.165) is 0 Å². The predicted octanol–water partition coefficient (Wildman–Crippen LogP) is 12.4. The summed E-state index contributed by atoms with van der Waals surface area (Å²) < 4.78 is 2.81. The van der Waals surface area contributed by atoms with Gasteiger partial charge in [-0.2, -0.15) is 0 Å². The number of nitrogens with zero attached hydrogens (tertiary/aromatic N) is 1. The Kier molecular flexibility index (Phi) is 5.78. The number of rotatable bonds is 0. The van der Waals surface area contributed by atoms with Gasteiger partial charge in [-0.05, 0) is 127 Å². The summed E-state index contributed by atoms with van der Waals surface area (Å²) in [6.07, 6.45) is 2.43. The zero-order chi connectivity index (χ0) is 37.5. The average Bonchev–Trinajstić information content (AvgIpc) is 3.72. The Balaban J connectivity index is 1.16. The smallest absolute Gasteiger partial charge is 0.334 e. The van der Waals surface area contributed by atoms with Gasteiger partial charge in [0.25, 0.3) is 0 Å². The first-order valence-corrected chi connectivity index (χ1v) is 21.2. The number of hydrogen-bond acceptors (Lipinski definition) is 3. The first-order valence-electron chi connectivity index (χ1n) is 20.3. The number of thiophene rings is 1. The molecular formula is C52H41BN2S. The molecule has 13 rings (SSSR count). The second kappa shape index (κ2) is 10.2. The summed E-state index contributed by atoms with van der Waals surface area (Å²) in [5.41, 5.74) is 22.9.